The molecule has 0 radical (unpaired) electrons. The molecule has 0 aliphatic rings. The summed E-state index contributed by atoms with van der Waals surface area (Å²) >= 11 is -1.63. The zero-order valence-electron chi connectivity index (χ0n) is 8.69. The number of hydrogen-bond donors (Lipinski definition) is 0. The van der Waals surface area contributed by atoms with Gasteiger partial charge in [-0.05, 0) is 0 Å². The van der Waals surface area contributed by atoms with Gasteiger partial charge in [0.15, 0.2) is 0 Å². The molecule has 2 aromatic rings. The number of halogens is 2. The molecule has 0 N–H and O–H groups in total. The van der Waals surface area contributed by atoms with Crippen molar-refractivity contribution in [3.05, 3.63) is 60.2 Å². The molecule has 0 unspecified atom stereocenters. The van der Waals surface area contributed by atoms with Crippen molar-refractivity contribution in [2.45, 2.75) is 0 Å². The Labute approximate surface area is 110 Å². The standard InChI is InChI=1S/2C6H5FO.Zr/c2*7-5-2-1-3-6(8)4-5;/h2*1-4,8H;/q;;+2/p-2. The fourth-order valence-corrected chi connectivity index (χ4v) is 2.38. The van der Waals surface area contributed by atoms with Crippen LogP contribution in [0, 0.1) is 11.6 Å². The topological polar surface area (TPSA) is 18.5 Å². The summed E-state index contributed by atoms with van der Waals surface area (Å²) in [5, 5.41) is 0. The summed E-state index contributed by atoms with van der Waals surface area (Å²) in [5.41, 5.74) is 0. The maximum absolute atomic E-state index is 12.8. The first kappa shape index (κ1) is 12.2. The van der Waals surface area contributed by atoms with Crippen LogP contribution in [-0.4, -0.2) is 0 Å². The van der Waals surface area contributed by atoms with Gasteiger partial charge in [0, 0.05) is 0 Å². The number of rotatable bonds is 4. The van der Waals surface area contributed by atoms with Crippen LogP contribution in [0.15, 0.2) is 48.5 Å². The molecule has 0 saturated heterocycles. The van der Waals surface area contributed by atoms with Crippen LogP contribution in [-0.2, 0) is 24.1 Å². The van der Waals surface area contributed by atoms with E-state index in [1.165, 1.54) is 24.3 Å². The van der Waals surface area contributed by atoms with Gasteiger partial charge < -0.3 is 0 Å². The van der Waals surface area contributed by atoms with Gasteiger partial charge in [-0.1, -0.05) is 0 Å². The van der Waals surface area contributed by atoms with E-state index in [1.807, 2.05) is 0 Å². The first-order chi connectivity index (χ1) is 8.24. The summed E-state index contributed by atoms with van der Waals surface area (Å²) in [5.74, 6) is 0.168. The van der Waals surface area contributed by atoms with Crippen LogP contribution < -0.4 is 5.63 Å². The summed E-state index contributed by atoms with van der Waals surface area (Å²) in [7, 11) is 0. The quantitative estimate of drug-likeness (QED) is 0.862. The van der Waals surface area contributed by atoms with Gasteiger partial charge in [0.05, 0.1) is 0 Å². The zero-order valence-corrected chi connectivity index (χ0v) is 11.1. The van der Waals surface area contributed by atoms with Gasteiger partial charge in [-0.3, -0.25) is 0 Å². The molecule has 0 fully saturated rings. The Morgan fingerprint density at radius 1 is 0.765 bits per heavy atom. The molecule has 0 amide bonds. The van der Waals surface area contributed by atoms with E-state index < -0.39 is 24.1 Å². The second-order valence-electron chi connectivity index (χ2n) is 3.20. The molecule has 0 bridgehead atoms. The van der Waals surface area contributed by atoms with Gasteiger partial charge in [0.25, 0.3) is 0 Å². The summed E-state index contributed by atoms with van der Waals surface area (Å²) in [6.07, 6.45) is 0. The molecule has 0 heterocycles. The average molecular weight is 313 g/mol. The van der Waals surface area contributed by atoms with Crippen LogP contribution >= 0.6 is 0 Å². The van der Waals surface area contributed by atoms with E-state index in [9.17, 15) is 8.78 Å². The first-order valence-corrected chi connectivity index (χ1v) is 6.84. The molecule has 0 saturated carbocycles. The average Bonchev–Trinajstić information content (AvgIpc) is 2.29. The van der Waals surface area contributed by atoms with Crippen LogP contribution in [0.1, 0.15) is 0 Å². The van der Waals surface area contributed by atoms with Crippen molar-refractivity contribution in [1.29, 1.82) is 0 Å². The van der Waals surface area contributed by atoms with Crippen LogP contribution in [0.2, 0.25) is 0 Å². The van der Waals surface area contributed by atoms with Crippen molar-refractivity contribution in [2.24, 2.45) is 0 Å². The van der Waals surface area contributed by atoms with Gasteiger partial charge in [0.2, 0.25) is 0 Å². The Morgan fingerprint density at radius 2 is 1.24 bits per heavy atom. The fourth-order valence-electron chi connectivity index (χ4n) is 1.18. The molecule has 0 aromatic heterocycles. The van der Waals surface area contributed by atoms with Crippen molar-refractivity contribution >= 4 is 0 Å². The summed E-state index contributed by atoms with van der Waals surface area (Å²) in [4.78, 5) is 0. The predicted molar refractivity (Wildman–Crippen MR) is 54.1 cm³/mol. The Bertz CT molecular complexity index is 460. The molecule has 86 valence electrons. The van der Waals surface area contributed by atoms with Crippen molar-refractivity contribution in [3.63, 3.8) is 0 Å². The van der Waals surface area contributed by atoms with E-state index >= 15 is 0 Å². The van der Waals surface area contributed by atoms with Crippen LogP contribution in [0.5, 0.6) is 11.5 Å². The molecule has 0 spiro atoms. The third-order valence-corrected chi connectivity index (χ3v) is 3.48. The molecule has 2 aromatic carbocycles. The van der Waals surface area contributed by atoms with E-state index in [1.54, 1.807) is 24.3 Å². The minimum atomic E-state index is -1.63. The normalized spacial score (nSPS) is 9.76. The second kappa shape index (κ2) is 5.92. The Kier molecular flexibility index (Phi) is 4.26. The molecular weight excluding hydrogens is 305 g/mol. The Morgan fingerprint density at radius 3 is 1.65 bits per heavy atom. The summed E-state index contributed by atoms with van der Waals surface area (Å²) in [6, 6.07) is 11.7. The van der Waals surface area contributed by atoms with Gasteiger partial charge >= 0.3 is 110 Å². The van der Waals surface area contributed by atoms with E-state index in [0.717, 1.165) is 0 Å². The third kappa shape index (κ3) is 3.93. The molecule has 5 heteroatoms. The van der Waals surface area contributed by atoms with Gasteiger partial charge in [-0.2, -0.15) is 0 Å². The van der Waals surface area contributed by atoms with Crippen molar-refractivity contribution < 1.29 is 38.5 Å². The Hall–Kier alpha value is -1.22. The number of benzene rings is 2. The predicted octanol–water partition coefficient (Wildman–Crippen LogP) is 3.34. The summed E-state index contributed by atoms with van der Waals surface area (Å²) < 4.78 is 36.3. The second-order valence-corrected chi connectivity index (χ2v) is 4.62. The van der Waals surface area contributed by atoms with Gasteiger partial charge in [-0.25, -0.2) is 0 Å². The van der Waals surface area contributed by atoms with Crippen LogP contribution in [0.3, 0.4) is 0 Å². The monoisotopic (exact) mass is 312 g/mol. The Balaban J connectivity index is 1.87. The molecule has 17 heavy (non-hydrogen) atoms. The van der Waals surface area contributed by atoms with Gasteiger partial charge in [-0.15, -0.1) is 0 Å². The SMILES string of the molecule is Fc1cccc([O][Zr][O]c2cccc(F)c2)c1. The summed E-state index contributed by atoms with van der Waals surface area (Å²) in [6.45, 7) is 0. The maximum atomic E-state index is 12.8. The molecule has 2 rings (SSSR count). The van der Waals surface area contributed by atoms with Crippen molar-refractivity contribution in [1.82, 2.24) is 0 Å². The molecular formula is C12H8F2O2Zr. The molecule has 0 aliphatic carbocycles. The molecule has 2 nitrogen and oxygen atoms in total. The van der Waals surface area contributed by atoms with Crippen molar-refractivity contribution in [3.8, 4) is 11.5 Å². The zero-order chi connectivity index (χ0) is 12.1. The van der Waals surface area contributed by atoms with E-state index in [0.29, 0.717) is 11.5 Å². The van der Waals surface area contributed by atoms with E-state index in [2.05, 4.69) is 0 Å². The van der Waals surface area contributed by atoms with Crippen LogP contribution in [0.4, 0.5) is 8.78 Å². The van der Waals surface area contributed by atoms with E-state index in [-0.39, 0.29) is 11.6 Å². The van der Waals surface area contributed by atoms with Gasteiger partial charge in [0.1, 0.15) is 0 Å². The minimum absolute atomic E-state index is 0.354. The third-order valence-electron chi connectivity index (χ3n) is 1.91. The molecule has 0 aliphatic heterocycles. The van der Waals surface area contributed by atoms with Crippen LogP contribution in [0.25, 0.3) is 0 Å². The fraction of sp³-hybridized carbons (Fsp3) is 0. The number of hydrogen-bond acceptors (Lipinski definition) is 2. The van der Waals surface area contributed by atoms with Crippen molar-refractivity contribution in [2.75, 3.05) is 0 Å². The first-order valence-electron chi connectivity index (χ1n) is 4.84. The molecule has 0 atom stereocenters. The van der Waals surface area contributed by atoms with E-state index in [4.69, 9.17) is 5.63 Å².